The molecule has 0 spiro atoms. The average Bonchev–Trinajstić information content (AvgIpc) is 2.66. The summed E-state index contributed by atoms with van der Waals surface area (Å²) in [6.45, 7) is 3.19. The number of aromatic nitrogens is 3. The van der Waals surface area contributed by atoms with E-state index in [1.165, 1.54) is 0 Å². The van der Waals surface area contributed by atoms with Gasteiger partial charge in [0.05, 0.1) is 0 Å². The van der Waals surface area contributed by atoms with Crippen molar-refractivity contribution in [1.82, 2.24) is 14.8 Å². The fourth-order valence-electron chi connectivity index (χ4n) is 1.71. The molecule has 2 aromatic rings. The van der Waals surface area contributed by atoms with Gasteiger partial charge in [0.15, 0.2) is 17.5 Å². The zero-order valence-electron chi connectivity index (χ0n) is 10.2. The normalized spacial score (nSPS) is 11.9. The maximum Gasteiger partial charge on any atom is 0.170 e. The average molecular weight is 267 g/mol. The van der Waals surface area contributed by atoms with Crippen LogP contribution in [0.3, 0.4) is 0 Å². The lowest BCUT2D eigenvalue weighted by Gasteiger charge is -2.08. The van der Waals surface area contributed by atoms with Crippen molar-refractivity contribution in [3.63, 3.8) is 0 Å². The van der Waals surface area contributed by atoms with Crippen LogP contribution in [0.2, 0.25) is 0 Å². The maximum absolute atomic E-state index is 14.0. The van der Waals surface area contributed by atoms with Gasteiger partial charge in [-0.05, 0) is 26.0 Å². The van der Waals surface area contributed by atoms with E-state index in [9.17, 15) is 8.78 Å². The Morgan fingerprint density at radius 1 is 1.32 bits per heavy atom. The molecule has 0 aliphatic carbocycles. The van der Waals surface area contributed by atoms with Crippen molar-refractivity contribution < 1.29 is 14.0 Å². The molecule has 0 aliphatic heterocycles. The molecule has 0 aliphatic rings. The molecular formula is C11H11F2N5O. The van der Waals surface area contributed by atoms with E-state index in [1.807, 2.05) is 0 Å². The fraction of sp³-hybridized carbons (Fsp3) is 0.182. The zero-order valence-corrected chi connectivity index (χ0v) is 10.2. The first-order valence-corrected chi connectivity index (χ1v) is 5.31. The highest BCUT2D eigenvalue weighted by Crippen LogP contribution is 2.20. The molecule has 0 atom stereocenters. The van der Waals surface area contributed by atoms with E-state index < -0.39 is 11.6 Å². The van der Waals surface area contributed by atoms with Crippen molar-refractivity contribution in [2.24, 2.45) is 10.9 Å². The first kappa shape index (κ1) is 12.9. The summed E-state index contributed by atoms with van der Waals surface area (Å²) < 4.78 is 29.0. The van der Waals surface area contributed by atoms with Crippen molar-refractivity contribution in [3.05, 3.63) is 41.0 Å². The molecule has 1 aromatic carbocycles. The smallest absolute Gasteiger partial charge is 0.170 e. The van der Waals surface area contributed by atoms with Crippen molar-refractivity contribution in [2.75, 3.05) is 0 Å². The fourth-order valence-corrected chi connectivity index (χ4v) is 1.71. The quantitative estimate of drug-likeness (QED) is 0.371. The van der Waals surface area contributed by atoms with Gasteiger partial charge in [-0.1, -0.05) is 5.16 Å². The molecule has 0 amide bonds. The Labute approximate surface area is 107 Å². The number of halogens is 2. The number of nitrogens with zero attached hydrogens (tertiary/aromatic N) is 4. The minimum Gasteiger partial charge on any atom is -0.409 e. The van der Waals surface area contributed by atoms with Gasteiger partial charge in [0.1, 0.15) is 17.3 Å². The molecule has 0 fully saturated rings. The molecule has 2 rings (SSSR count). The molecule has 1 heterocycles. The van der Waals surface area contributed by atoms with Crippen LogP contribution in [-0.2, 0) is 0 Å². The lowest BCUT2D eigenvalue weighted by atomic mass is 10.1. The number of oxime groups is 1. The van der Waals surface area contributed by atoms with E-state index in [0.29, 0.717) is 11.6 Å². The summed E-state index contributed by atoms with van der Waals surface area (Å²) in [5.74, 6) is -1.39. The second-order valence-corrected chi connectivity index (χ2v) is 3.89. The highest BCUT2D eigenvalue weighted by Gasteiger charge is 2.18. The van der Waals surface area contributed by atoms with Crippen LogP contribution < -0.4 is 5.73 Å². The number of nitrogens with two attached hydrogens (primary N) is 1. The molecule has 8 heteroatoms. The third-order valence-electron chi connectivity index (χ3n) is 2.51. The summed E-state index contributed by atoms with van der Waals surface area (Å²) in [7, 11) is 0. The van der Waals surface area contributed by atoms with Crippen LogP contribution in [-0.4, -0.2) is 25.8 Å². The number of aryl methyl sites for hydroxylation is 2. The van der Waals surface area contributed by atoms with Crippen LogP contribution in [0.15, 0.2) is 17.3 Å². The Kier molecular flexibility index (Phi) is 3.16. The minimum absolute atomic E-state index is 0.0595. The van der Waals surface area contributed by atoms with E-state index >= 15 is 0 Å². The Hall–Kier alpha value is -2.51. The van der Waals surface area contributed by atoms with Crippen LogP contribution in [0.5, 0.6) is 0 Å². The first-order valence-electron chi connectivity index (χ1n) is 5.31. The second-order valence-electron chi connectivity index (χ2n) is 3.89. The standard InChI is InChI=1S/C11H11F2N5O/c1-5-15-6(2)18(16-5)10-8(12)3-7(4-9(10)13)11(14)17-19/h3-4,19H,1-2H3,(H2,14,17). The van der Waals surface area contributed by atoms with Gasteiger partial charge in [0.2, 0.25) is 0 Å². The van der Waals surface area contributed by atoms with Crippen LogP contribution >= 0.6 is 0 Å². The van der Waals surface area contributed by atoms with Gasteiger partial charge < -0.3 is 10.9 Å². The molecule has 0 unspecified atom stereocenters. The SMILES string of the molecule is Cc1nc(C)n(-c2c(F)cc(C(N)=NO)cc2F)n1. The van der Waals surface area contributed by atoms with Crippen molar-refractivity contribution in [1.29, 1.82) is 0 Å². The number of hydrogen-bond donors (Lipinski definition) is 2. The summed E-state index contributed by atoms with van der Waals surface area (Å²) in [5.41, 5.74) is 4.87. The molecule has 0 saturated carbocycles. The molecular weight excluding hydrogens is 256 g/mol. The van der Waals surface area contributed by atoms with Crippen molar-refractivity contribution >= 4 is 5.84 Å². The number of amidine groups is 1. The summed E-state index contributed by atoms with van der Waals surface area (Å²) in [5, 5.41) is 15.1. The summed E-state index contributed by atoms with van der Waals surface area (Å²) in [6, 6.07) is 1.92. The topological polar surface area (TPSA) is 89.3 Å². The van der Waals surface area contributed by atoms with Crippen LogP contribution in [0.1, 0.15) is 17.2 Å². The Morgan fingerprint density at radius 3 is 2.32 bits per heavy atom. The highest BCUT2D eigenvalue weighted by molar-refractivity contribution is 5.97. The zero-order chi connectivity index (χ0) is 14.2. The van der Waals surface area contributed by atoms with Crippen LogP contribution in [0.25, 0.3) is 5.69 Å². The van der Waals surface area contributed by atoms with Gasteiger partial charge in [-0.3, -0.25) is 0 Å². The number of benzene rings is 1. The van der Waals surface area contributed by atoms with E-state index in [4.69, 9.17) is 10.9 Å². The van der Waals surface area contributed by atoms with E-state index in [0.717, 1.165) is 16.8 Å². The predicted octanol–water partition coefficient (Wildman–Crippen LogP) is 1.26. The Morgan fingerprint density at radius 2 is 1.89 bits per heavy atom. The third kappa shape index (κ3) is 2.24. The molecule has 1 aromatic heterocycles. The maximum atomic E-state index is 14.0. The predicted molar refractivity (Wildman–Crippen MR) is 63.3 cm³/mol. The second kappa shape index (κ2) is 4.63. The Bertz CT molecular complexity index is 642. The summed E-state index contributed by atoms with van der Waals surface area (Å²) in [4.78, 5) is 3.97. The van der Waals surface area contributed by atoms with Gasteiger partial charge in [-0.15, -0.1) is 0 Å². The molecule has 6 nitrogen and oxygen atoms in total. The summed E-state index contributed by atoms with van der Waals surface area (Å²) >= 11 is 0. The summed E-state index contributed by atoms with van der Waals surface area (Å²) in [6.07, 6.45) is 0. The van der Waals surface area contributed by atoms with Crippen molar-refractivity contribution in [3.8, 4) is 5.69 Å². The molecule has 0 saturated heterocycles. The van der Waals surface area contributed by atoms with E-state index in [-0.39, 0.29) is 17.1 Å². The number of hydrogen-bond acceptors (Lipinski definition) is 4. The van der Waals surface area contributed by atoms with Crippen molar-refractivity contribution in [2.45, 2.75) is 13.8 Å². The van der Waals surface area contributed by atoms with E-state index in [1.54, 1.807) is 13.8 Å². The molecule has 3 N–H and O–H groups in total. The van der Waals surface area contributed by atoms with Gasteiger partial charge in [-0.2, -0.15) is 5.10 Å². The minimum atomic E-state index is -0.880. The van der Waals surface area contributed by atoms with E-state index in [2.05, 4.69) is 15.2 Å². The lowest BCUT2D eigenvalue weighted by molar-refractivity contribution is 0.318. The Balaban J connectivity index is 2.63. The van der Waals surface area contributed by atoms with Crippen LogP contribution in [0, 0.1) is 25.5 Å². The molecule has 0 radical (unpaired) electrons. The van der Waals surface area contributed by atoms with Gasteiger partial charge in [0, 0.05) is 5.56 Å². The largest absolute Gasteiger partial charge is 0.409 e. The van der Waals surface area contributed by atoms with Gasteiger partial charge >= 0.3 is 0 Å². The first-order chi connectivity index (χ1) is 8.93. The molecule has 100 valence electrons. The highest BCUT2D eigenvalue weighted by atomic mass is 19.1. The lowest BCUT2D eigenvalue weighted by Crippen LogP contribution is -2.15. The van der Waals surface area contributed by atoms with Crippen LogP contribution in [0.4, 0.5) is 8.78 Å². The van der Waals surface area contributed by atoms with Gasteiger partial charge in [0.25, 0.3) is 0 Å². The molecule has 19 heavy (non-hydrogen) atoms. The monoisotopic (exact) mass is 267 g/mol. The molecule has 0 bridgehead atoms. The van der Waals surface area contributed by atoms with Gasteiger partial charge in [-0.25, -0.2) is 18.4 Å². The third-order valence-corrected chi connectivity index (χ3v) is 2.51. The number of rotatable bonds is 2.